The molecule has 0 atom stereocenters. The minimum absolute atomic E-state index is 0. The van der Waals surface area contributed by atoms with Crippen LogP contribution in [-0.2, 0) is 21.1 Å². The molecule has 0 saturated heterocycles. The summed E-state index contributed by atoms with van der Waals surface area (Å²) in [7, 11) is 0. The smallest absolute Gasteiger partial charge is 0.358 e. The third kappa shape index (κ3) is 51.6. The molecule has 0 bridgehead atoms. The van der Waals surface area contributed by atoms with Crippen molar-refractivity contribution in [1.82, 2.24) is 0 Å². The Kier molecular flexibility index (Phi) is 108. The van der Waals surface area contributed by atoms with Gasteiger partial charge < -0.3 is 28.7 Å². The van der Waals surface area contributed by atoms with Crippen molar-refractivity contribution in [2.24, 2.45) is 0 Å². The Balaban J connectivity index is -0.0000000150. The fourth-order valence-corrected chi connectivity index (χ4v) is 0. The Hall–Kier alpha value is 0.688. The van der Waals surface area contributed by atoms with Crippen LogP contribution in [0.2, 0.25) is 0 Å². The first kappa shape index (κ1) is 25.3. The Morgan fingerprint density at radius 1 is 0.857 bits per heavy atom. The SMILES string of the molecule is [CH2-]CC[CH2-].[CH3-].[CH3-].[Pt+4]. The maximum atomic E-state index is 3.54. The normalized spacial score (nSPS) is 4.29. The predicted octanol–water partition coefficient (Wildman–Crippen LogP) is 2.33. The monoisotopic (exact) mass is 281 g/mol. The molecule has 0 unspecified atom stereocenters. The van der Waals surface area contributed by atoms with Crippen molar-refractivity contribution in [2.75, 3.05) is 0 Å². The van der Waals surface area contributed by atoms with Crippen molar-refractivity contribution in [1.29, 1.82) is 0 Å². The first-order valence-electron chi connectivity index (χ1n) is 1.50. The molecule has 0 aromatic carbocycles. The maximum Gasteiger partial charge on any atom is 4.00 e. The number of hydrogen-bond donors (Lipinski definition) is 0. The van der Waals surface area contributed by atoms with E-state index in [1.54, 1.807) is 0 Å². The fraction of sp³-hybridized carbons (Fsp3) is 0.333. The third-order valence-electron chi connectivity index (χ3n) is 0.250. The summed E-state index contributed by atoms with van der Waals surface area (Å²) in [6.07, 6.45) is 1.92. The van der Waals surface area contributed by atoms with Crippen LogP contribution in [0.4, 0.5) is 0 Å². The molecule has 0 N–H and O–H groups in total. The van der Waals surface area contributed by atoms with E-state index < -0.39 is 0 Å². The second-order valence-electron chi connectivity index (χ2n) is 0.707. The Bertz CT molecular complexity index is 6.14. The number of rotatable bonds is 1. The predicted molar refractivity (Wildman–Crippen MR) is 32.8 cm³/mol. The van der Waals surface area contributed by atoms with Crippen molar-refractivity contribution in [3.05, 3.63) is 28.7 Å². The van der Waals surface area contributed by atoms with Crippen LogP contribution < -0.4 is 0 Å². The van der Waals surface area contributed by atoms with Crippen molar-refractivity contribution in [3.63, 3.8) is 0 Å². The van der Waals surface area contributed by atoms with Gasteiger partial charge in [-0.1, -0.05) is 0 Å². The van der Waals surface area contributed by atoms with Gasteiger partial charge in [0, 0.05) is 0 Å². The molecule has 0 spiro atoms. The van der Waals surface area contributed by atoms with Gasteiger partial charge in [-0.15, -0.1) is 0 Å². The molecular weight excluding hydrogens is 267 g/mol. The summed E-state index contributed by atoms with van der Waals surface area (Å²) < 4.78 is 0. The quantitative estimate of drug-likeness (QED) is 0.647. The molecule has 0 aromatic rings. The van der Waals surface area contributed by atoms with Crippen LogP contribution in [0.15, 0.2) is 0 Å². The molecule has 0 aliphatic rings. The van der Waals surface area contributed by atoms with Gasteiger partial charge in [0.2, 0.25) is 0 Å². The third-order valence-corrected chi connectivity index (χ3v) is 0.250. The fourth-order valence-electron chi connectivity index (χ4n) is 0. The maximum absolute atomic E-state index is 3.54. The van der Waals surface area contributed by atoms with E-state index in [0.29, 0.717) is 0 Å². The molecule has 0 fully saturated rings. The van der Waals surface area contributed by atoms with E-state index in [4.69, 9.17) is 0 Å². The van der Waals surface area contributed by atoms with E-state index in [9.17, 15) is 0 Å². The molecule has 0 amide bonds. The molecule has 48 valence electrons. The number of hydrogen-bond acceptors (Lipinski definition) is 0. The van der Waals surface area contributed by atoms with E-state index in [-0.39, 0.29) is 35.9 Å². The van der Waals surface area contributed by atoms with Gasteiger partial charge in [0.05, 0.1) is 0 Å². The summed E-state index contributed by atoms with van der Waals surface area (Å²) in [6.45, 7) is 7.08. The molecule has 0 heterocycles. The van der Waals surface area contributed by atoms with Crippen molar-refractivity contribution in [2.45, 2.75) is 12.8 Å². The topological polar surface area (TPSA) is 0 Å². The van der Waals surface area contributed by atoms with Gasteiger partial charge in [0.25, 0.3) is 0 Å². The first-order valence-corrected chi connectivity index (χ1v) is 1.50. The molecular formula is C6H14Pt. The molecule has 0 rings (SSSR count). The standard InChI is InChI=1S/C4H8.2CH3.Pt/c1-3-4-2;;;/h1-4H2;2*1H3;/q-2;2*-1;+4. The Morgan fingerprint density at radius 3 is 1.00 bits per heavy atom. The zero-order chi connectivity index (χ0) is 3.41. The minimum Gasteiger partial charge on any atom is -0.358 e. The number of unbranched alkanes of at least 4 members (excludes halogenated alkanes) is 1. The van der Waals surface area contributed by atoms with Crippen molar-refractivity contribution >= 4 is 0 Å². The molecule has 0 aliphatic heterocycles. The van der Waals surface area contributed by atoms with Gasteiger partial charge in [-0.3, -0.25) is 0 Å². The second kappa shape index (κ2) is 29.9. The average molecular weight is 281 g/mol. The van der Waals surface area contributed by atoms with Gasteiger partial charge >= 0.3 is 21.1 Å². The summed E-state index contributed by atoms with van der Waals surface area (Å²) in [6, 6.07) is 0. The van der Waals surface area contributed by atoms with Gasteiger partial charge in [0.15, 0.2) is 0 Å². The molecule has 0 radical (unpaired) electrons. The van der Waals surface area contributed by atoms with E-state index >= 15 is 0 Å². The van der Waals surface area contributed by atoms with Crippen molar-refractivity contribution in [3.8, 4) is 0 Å². The summed E-state index contributed by atoms with van der Waals surface area (Å²) in [5.74, 6) is 0. The Labute approximate surface area is 63.0 Å². The summed E-state index contributed by atoms with van der Waals surface area (Å²) in [4.78, 5) is 0. The minimum atomic E-state index is 0. The molecule has 0 nitrogen and oxygen atoms in total. The van der Waals surface area contributed by atoms with Crippen LogP contribution in [0.25, 0.3) is 0 Å². The van der Waals surface area contributed by atoms with Gasteiger partial charge in [-0.05, 0) is 0 Å². The van der Waals surface area contributed by atoms with Crippen LogP contribution in [0, 0.1) is 28.7 Å². The summed E-state index contributed by atoms with van der Waals surface area (Å²) in [5.41, 5.74) is 0. The molecule has 7 heavy (non-hydrogen) atoms. The van der Waals surface area contributed by atoms with Crippen LogP contribution in [-0.4, -0.2) is 0 Å². The Morgan fingerprint density at radius 2 is 1.00 bits per heavy atom. The van der Waals surface area contributed by atoms with Gasteiger partial charge in [-0.25, -0.2) is 12.8 Å². The van der Waals surface area contributed by atoms with Crippen LogP contribution in [0.3, 0.4) is 0 Å². The van der Waals surface area contributed by atoms with E-state index in [1.165, 1.54) is 0 Å². The summed E-state index contributed by atoms with van der Waals surface area (Å²) in [5, 5.41) is 0. The van der Waals surface area contributed by atoms with E-state index in [1.807, 2.05) is 0 Å². The average Bonchev–Trinajstić information content (AvgIpc) is 1.37. The second-order valence-corrected chi connectivity index (χ2v) is 0.707. The molecule has 0 aromatic heterocycles. The van der Waals surface area contributed by atoms with Crippen LogP contribution in [0.5, 0.6) is 0 Å². The molecule has 0 saturated carbocycles. The largest absolute Gasteiger partial charge is 4.00 e. The molecule has 1 heteroatoms. The van der Waals surface area contributed by atoms with E-state index in [0.717, 1.165) is 12.8 Å². The zero-order valence-electron chi connectivity index (χ0n) is 5.14. The zero-order valence-corrected chi connectivity index (χ0v) is 7.42. The van der Waals surface area contributed by atoms with Crippen molar-refractivity contribution < 1.29 is 21.1 Å². The van der Waals surface area contributed by atoms with Gasteiger partial charge in [-0.2, -0.15) is 0 Å². The van der Waals surface area contributed by atoms with Crippen LogP contribution in [0.1, 0.15) is 12.8 Å². The molecule has 0 aliphatic carbocycles. The summed E-state index contributed by atoms with van der Waals surface area (Å²) >= 11 is 0. The van der Waals surface area contributed by atoms with E-state index in [2.05, 4.69) is 13.8 Å². The van der Waals surface area contributed by atoms with Gasteiger partial charge in [0.1, 0.15) is 0 Å². The van der Waals surface area contributed by atoms with Crippen LogP contribution >= 0.6 is 0 Å². The first-order chi connectivity index (χ1) is 1.91.